The second-order valence-corrected chi connectivity index (χ2v) is 6.90. The van der Waals surface area contributed by atoms with Crippen LogP contribution in [-0.4, -0.2) is 24.0 Å². The number of anilines is 1. The van der Waals surface area contributed by atoms with E-state index in [-0.39, 0.29) is 12.4 Å². The van der Waals surface area contributed by atoms with Crippen LogP contribution >= 0.6 is 11.3 Å². The molecule has 0 aliphatic rings. The number of ether oxygens (including phenoxy) is 2. The molecule has 2 N–H and O–H groups in total. The van der Waals surface area contributed by atoms with Crippen molar-refractivity contribution in [2.45, 2.75) is 27.4 Å². The van der Waals surface area contributed by atoms with Crippen LogP contribution in [0.1, 0.15) is 42.8 Å². The number of carbonyl (C=O) groups is 2. The number of pyridine rings is 1. The number of rotatable bonds is 4. The minimum atomic E-state index is -0.578. The molecule has 0 radical (unpaired) electrons. The molecule has 0 spiro atoms. The van der Waals surface area contributed by atoms with E-state index in [1.165, 1.54) is 18.4 Å². The lowest BCUT2D eigenvalue weighted by Gasteiger charge is -2.02. The van der Waals surface area contributed by atoms with Crippen LogP contribution in [0.15, 0.2) is 16.5 Å². The highest BCUT2D eigenvalue weighted by Crippen LogP contribution is 2.35. The van der Waals surface area contributed by atoms with E-state index in [9.17, 15) is 9.59 Å². The molecule has 3 aromatic heterocycles. The van der Waals surface area contributed by atoms with Crippen LogP contribution in [0, 0.1) is 20.8 Å². The molecule has 0 atom stereocenters. The maximum absolute atomic E-state index is 12.4. The molecule has 0 saturated carbocycles. The zero-order chi connectivity index (χ0) is 19.0. The number of nitrogens with two attached hydrogens (primary N) is 1. The summed E-state index contributed by atoms with van der Waals surface area (Å²) in [6.45, 7) is 5.41. The number of furan rings is 1. The number of fused-ring (bicyclic) bond motifs is 1. The van der Waals surface area contributed by atoms with Crippen LogP contribution < -0.4 is 5.73 Å². The monoisotopic (exact) mass is 374 g/mol. The van der Waals surface area contributed by atoms with Crippen LogP contribution in [0.2, 0.25) is 0 Å². The minimum absolute atomic E-state index is 0.0928. The number of esters is 2. The molecular weight excluding hydrogens is 356 g/mol. The van der Waals surface area contributed by atoms with Crippen molar-refractivity contribution in [1.82, 2.24) is 4.98 Å². The SMILES string of the molecule is COC(=O)c1oc(COC(=O)c2sc3nc(C)cc(C)c3c2N)cc1C. The van der Waals surface area contributed by atoms with Gasteiger partial charge in [-0.25, -0.2) is 14.6 Å². The number of nitrogens with zero attached hydrogens (tertiary/aromatic N) is 1. The summed E-state index contributed by atoms with van der Waals surface area (Å²) in [5, 5.41) is 0.773. The Bertz CT molecular complexity index is 1020. The molecule has 3 aromatic rings. The summed E-state index contributed by atoms with van der Waals surface area (Å²) in [5.41, 5.74) is 8.93. The van der Waals surface area contributed by atoms with E-state index in [1.54, 1.807) is 13.0 Å². The van der Waals surface area contributed by atoms with Crippen molar-refractivity contribution in [2.24, 2.45) is 0 Å². The molecule has 0 aliphatic heterocycles. The van der Waals surface area contributed by atoms with Gasteiger partial charge in [0.2, 0.25) is 5.76 Å². The Hall–Kier alpha value is -2.87. The molecule has 26 heavy (non-hydrogen) atoms. The second kappa shape index (κ2) is 6.80. The van der Waals surface area contributed by atoms with Gasteiger partial charge in [-0.2, -0.15) is 0 Å². The number of nitrogen functional groups attached to an aromatic ring is 1. The molecule has 7 nitrogen and oxygen atoms in total. The zero-order valence-electron chi connectivity index (χ0n) is 14.8. The predicted octanol–water partition coefficient (Wildman–Crippen LogP) is 3.54. The average molecular weight is 374 g/mol. The van der Waals surface area contributed by atoms with Crippen molar-refractivity contribution < 1.29 is 23.5 Å². The Balaban J connectivity index is 1.81. The van der Waals surface area contributed by atoms with Crippen molar-refractivity contribution in [2.75, 3.05) is 12.8 Å². The van der Waals surface area contributed by atoms with Crippen molar-refractivity contribution in [1.29, 1.82) is 0 Å². The molecule has 0 amide bonds. The minimum Gasteiger partial charge on any atom is -0.463 e. The fourth-order valence-electron chi connectivity index (χ4n) is 2.74. The molecule has 8 heteroatoms. The fourth-order valence-corrected chi connectivity index (χ4v) is 3.85. The largest absolute Gasteiger partial charge is 0.463 e. The van der Waals surface area contributed by atoms with Gasteiger partial charge in [0.1, 0.15) is 22.1 Å². The first-order valence-electron chi connectivity index (χ1n) is 7.82. The Labute approximate surface area is 153 Å². The Kier molecular flexibility index (Phi) is 4.69. The van der Waals surface area contributed by atoms with E-state index in [2.05, 4.69) is 9.72 Å². The van der Waals surface area contributed by atoms with E-state index in [0.717, 1.165) is 16.6 Å². The first-order valence-corrected chi connectivity index (χ1v) is 8.64. The molecule has 0 bridgehead atoms. The first kappa shape index (κ1) is 17.9. The summed E-state index contributed by atoms with van der Waals surface area (Å²) >= 11 is 1.20. The van der Waals surface area contributed by atoms with Gasteiger partial charge < -0.3 is 19.6 Å². The standard InChI is InChI=1S/C18H18N2O5S/c1-8-5-10(3)20-16-12(8)13(19)15(26-16)18(22)24-7-11-6-9(2)14(25-11)17(21)23-4/h5-6H,7,19H2,1-4H3. The van der Waals surface area contributed by atoms with E-state index in [0.29, 0.717) is 26.7 Å². The fraction of sp³-hybridized carbons (Fsp3) is 0.278. The van der Waals surface area contributed by atoms with Crippen LogP contribution in [0.25, 0.3) is 10.2 Å². The van der Waals surface area contributed by atoms with Gasteiger partial charge in [0.25, 0.3) is 0 Å². The Morgan fingerprint density at radius 3 is 2.62 bits per heavy atom. The molecule has 0 unspecified atom stereocenters. The summed E-state index contributed by atoms with van der Waals surface area (Å²) in [4.78, 5) is 29.4. The maximum Gasteiger partial charge on any atom is 0.374 e. The average Bonchev–Trinajstić information content (AvgIpc) is 3.12. The molecule has 0 saturated heterocycles. The number of aromatic nitrogens is 1. The molecule has 3 heterocycles. The molecule has 0 aromatic carbocycles. The third kappa shape index (κ3) is 3.15. The third-order valence-corrected chi connectivity index (χ3v) is 4.97. The van der Waals surface area contributed by atoms with Gasteiger partial charge in [0.15, 0.2) is 0 Å². The molecular formula is C18H18N2O5S. The lowest BCUT2D eigenvalue weighted by molar-refractivity contribution is 0.0445. The first-order chi connectivity index (χ1) is 12.3. The number of methoxy groups -OCH3 is 1. The summed E-state index contributed by atoms with van der Waals surface area (Å²) in [5.74, 6) is -0.696. The highest BCUT2D eigenvalue weighted by molar-refractivity contribution is 7.21. The molecule has 136 valence electrons. The van der Waals surface area contributed by atoms with Gasteiger partial charge in [-0.15, -0.1) is 11.3 Å². The normalized spacial score (nSPS) is 10.9. The maximum atomic E-state index is 12.4. The summed E-state index contributed by atoms with van der Waals surface area (Å²) < 4.78 is 15.3. The summed E-state index contributed by atoms with van der Waals surface area (Å²) in [6.07, 6.45) is 0. The summed E-state index contributed by atoms with van der Waals surface area (Å²) in [7, 11) is 1.27. The predicted molar refractivity (Wildman–Crippen MR) is 97.4 cm³/mol. The van der Waals surface area contributed by atoms with Gasteiger partial charge in [-0.05, 0) is 38.5 Å². The van der Waals surface area contributed by atoms with Gasteiger partial charge in [0.05, 0.1) is 12.8 Å². The highest BCUT2D eigenvalue weighted by Gasteiger charge is 2.22. The number of thiophene rings is 1. The van der Waals surface area contributed by atoms with E-state index in [4.69, 9.17) is 14.9 Å². The van der Waals surface area contributed by atoms with Gasteiger partial charge in [-0.3, -0.25) is 0 Å². The van der Waals surface area contributed by atoms with E-state index >= 15 is 0 Å². The summed E-state index contributed by atoms with van der Waals surface area (Å²) in [6, 6.07) is 3.55. The van der Waals surface area contributed by atoms with Gasteiger partial charge in [0, 0.05) is 16.6 Å². The number of aryl methyl sites for hydroxylation is 3. The van der Waals surface area contributed by atoms with Gasteiger partial charge >= 0.3 is 11.9 Å². The number of carbonyl (C=O) groups excluding carboxylic acids is 2. The number of hydrogen-bond donors (Lipinski definition) is 1. The lowest BCUT2D eigenvalue weighted by atomic mass is 10.1. The van der Waals surface area contributed by atoms with Gasteiger partial charge in [-0.1, -0.05) is 0 Å². The van der Waals surface area contributed by atoms with Crippen LogP contribution in [0.4, 0.5) is 5.69 Å². The topological polar surface area (TPSA) is 105 Å². The Morgan fingerprint density at radius 2 is 1.92 bits per heavy atom. The Morgan fingerprint density at radius 1 is 1.19 bits per heavy atom. The quantitative estimate of drug-likeness (QED) is 0.696. The van der Waals surface area contributed by atoms with Crippen LogP contribution in [0.3, 0.4) is 0 Å². The molecule has 3 rings (SSSR count). The second-order valence-electron chi connectivity index (χ2n) is 5.90. The van der Waals surface area contributed by atoms with Crippen molar-refractivity contribution in [3.05, 3.63) is 45.4 Å². The van der Waals surface area contributed by atoms with Crippen LogP contribution in [0.5, 0.6) is 0 Å². The van der Waals surface area contributed by atoms with Crippen molar-refractivity contribution in [3.63, 3.8) is 0 Å². The lowest BCUT2D eigenvalue weighted by Crippen LogP contribution is -2.05. The van der Waals surface area contributed by atoms with Crippen molar-refractivity contribution in [3.8, 4) is 0 Å². The number of hydrogen-bond acceptors (Lipinski definition) is 8. The molecule has 0 aliphatic carbocycles. The third-order valence-electron chi connectivity index (χ3n) is 3.89. The smallest absolute Gasteiger partial charge is 0.374 e. The highest BCUT2D eigenvalue weighted by atomic mass is 32.1. The van der Waals surface area contributed by atoms with Crippen LogP contribution in [-0.2, 0) is 16.1 Å². The van der Waals surface area contributed by atoms with Crippen molar-refractivity contribution >= 4 is 39.2 Å². The molecule has 0 fully saturated rings. The van der Waals surface area contributed by atoms with E-state index < -0.39 is 11.9 Å². The van der Waals surface area contributed by atoms with E-state index in [1.807, 2.05) is 19.9 Å². The zero-order valence-corrected chi connectivity index (χ0v) is 15.7.